The van der Waals surface area contributed by atoms with E-state index in [-0.39, 0.29) is 23.4 Å². The van der Waals surface area contributed by atoms with Crippen LogP contribution in [-0.2, 0) is 27.7 Å². The molecule has 0 amide bonds. The van der Waals surface area contributed by atoms with Crippen molar-refractivity contribution >= 4 is 27.6 Å². The Morgan fingerprint density at radius 1 is 1.09 bits per heavy atom. The van der Waals surface area contributed by atoms with Gasteiger partial charge in [-0.25, -0.2) is 8.42 Å². The molecule has 2 aromatic carbocycles. The standard InChI is InChI=1S/C24H31ClN2O4S/c1-17-6-11-23(13-21(17)14-24(28)29)32(30,31)27-18(2)15-26(16-19(27)3)12-4-5-20-7-9-22(25)10-8-20/h6-11,13,18-19H,4-5,12,14-16H2,1-3H3,(H,28,29). The number of hydrogen-bond donors (Lipinski definition) is 1. The number of halogens is 1. The third kappa shape index (κ3) is 5.90. The van der Waals surface area contributed by atoms with Crippen molar-refractivity contribution in [3.63, 3.8) is 0 Å². The van der Waals surface area contributed by atoms with E-state index in [1.807, 2.05) is 38.1 Å². The van der Waals surface area contributed by atoms with E-state index in [0.717, 1.165) is 30.0 Å². The zero-order chi connectivity index (χ0) is 23.5. The third-order valence-electron chi connectivity index (χ3n) is 6.00. The summed E-state index contributed by atoms with van der Waals surface area (Å²) in [5.41, 5.74) is 2.55. The summed E-state index contributed by atoms with van der Waals surface area (Å²) < 4.78 is 28.5. The lowest BCUT2D eigenvalue weighted by molar-refractivity contribution is -0.136. The van der Waals surface area contributed by atoms with Gasteiger partial charge in [-0.3, -0.25) is 4.79 Å². The molecule has 1 saturated heterocycles. The molecule has 0 aliphatic carbocycles. The number of aliphatic carboxylic acids is 1. The summed E-state index contributed by atoms with van der Waals surface area (Å²) in [5, 5.41) is 9.87. The molecule has 0 aromatic heterocycles. The highest BCUT2D eigenvalue weighted by Crippen LogP contribution is 2.27. The van der Waals surface area contributed by atoms with Crippen molar-refractivity contribution in [3.05, 3.63) is 64.2 Å². The highest BCUT2D eigenvalue weighted by atomic mass is 35.5. The minimum Gasteiger partial charge on any atom is -0.481 e. The Kier molecular flexibility index (Phi) is 7.98. The number of rotatable bonds is 8. The Morgan fingerprint density at radius 2 is 1.72 bits per heavy atom. The molecule has 1 fully saturated rings. The normalized spacial score (nSPS) is 20.4. The Bertz CT molecular complexity index is 1040. The van der Waals surface area contributed by atoms with Crippen LogP contribution in [0.25, 0.3) is 0 Å². The van der Waals surface area contributed by atoms with Gasteiger partial charge in [-0.15, -0.1) is 0 Å². The molecule has 0 bridgehead atoms. The first-order valence-corrected chi connectivity index (χ1v) is 12.7. The van der Waals surface area contributed by atoms with Gasteiger partial charge < -0.3 is 10.0 Å². The van der Waals surface area contributed by atoms with E-state index in [9.17, 15) is 13.2 Å². The highest BCUT2D eigenvalue weighted by Gasteiger charge is 2.38. The first-order valence-electron chi connectivity index (χ1n) is 10.9. The van der Waals surface area contributed by atoms with Gasteiger partial charge in [0.25, 0.3) is 0 Å². The molecule has 1 aliphatic heterocycles. The smallest absolute Gasteiger partial charge is 0.307 e. The van der Waals surface area contributed by atoms with E-state index in [1.165, 1.54) is 11.6 Å². The van der Waals surface area contributed by atoms with Crippen molar-refractivity contribution in [2.45, 2.75) is 57.0 Å². The predicted octanol–water partition coefficient (Wildman–Crippen LogP) is 3.99. The molecule has 2 aromatic rings. The van der Waals surface area contributed by atoms with Crippen LogP contribution in [-0.4, -0.2) is 60.4 Å². The zero-order valence-electron chi connectivity index (χ0n) is 18.8. The van der Waals surface area contributed by atoms with Crippen LogP contribution in [0.1, 0.15) is 37.0 Å². The number of sulfonamides is 1. The lowest BCUT2D eigenvalue weighted by Gasteiger charge is -2.43. The van der Waals surface area contributed by atoms with Crippen LogP contribution < -0.4 is 0 Å². The molecule has 8 heteroatoms. The number of nitrogens with zero attached hydrogens (tertiary/aromatic N) is 2. The van der Waals surface area contributed by atoms with Gasteiger partial charge >= 0.3 is 5.97 Å². The lowest BCUT2D eigenvalue weighted by atomic mass is 10.1. The van der Waals surface area contributed by atoms with Crippen molar-refractivity contribution in [2.24, 2.45) is 0 Å². The van der Waals surface area contributed by atoms with Crippen LogP contribution in [0.4, 0.5) is 0 Å². The highest BCUT2D eigenvalue weighted by molar-refractivity contribution is 7.89. The number of carbonyl (C=O) groups is 1. The fraction of sp³-hybridized carbons (Fsp3) is 0.458. The van der Waals surface area contributed by atoms with E-state index in [4.69, 9.17) is 16.7 Å². The van der Waals surface area contributed by atoms with Gasteiger partial charge in [0, 0.05) is 30.2 Å². The topological polar surface area (TPSA) is 77.9 Å². The summed E-state index contributed by atoms with van der Waals surface area (Å²) in [4.78, 5) is 13.6. The first kappa shape index (κ1) is 24.7. The van der Waals surface area contributed by atoms with Gasteiger partial charge in [-0.2, -0.15) is 4.31 Å². The molecule has 1 aliphatic rings. The summed E-state index contributed by atoms with van der Waals surface area (Å²) in [6.07, 6.45) is 1.75. The first-order chi connectivity index (χ1) is 15.1. The van der Waals surface area contributed by atoms with E-state index in [1.54, 1.807) is 23.4 Å². The van der Waals surface area contributed by atoms with Gasteiger partial charge in [0.1, 0.15) is 0 Å². The number of hydrogen-bond acceptors (Lipinski definition) is 4. The van der Waals surface area contributed by atoms with Crippen LogP contribution in [0.15, 0.2) is 47.4 Å². The maximum Gasteiger partial charge on any atom is 0.307 e. The monoisotopic (exact) mass is 478 g/mol. The largest absolute Gasteiger partial charge is 0.481 e. The average molecular weight is 479 g/mol. The number of carboxylic acids is 1. The molecule has 2 atom stereocenters. The molecule has 2 unspecified atom stereocenters. The van der Waals surface area contributed by atoms with Gasteiger partial charge in [0.15, 0.2) is 0 Å². The molecule has 174 valence electrons. The molecule has 0 radical (unpaired) electrons. The molecule has 1 N–H and O–H groups in total. The van der Waals surface area contributed by atoms with Crippen LogP contribution in [0, 0.1) is 6.92 Å². The number of piperazine rings is 1. The maximum absolute atomic E-state index is 13.4. The quantitative estimate of drug-likeness (QED) is 0.620. The van der Waals surface area contributed by atoms with Crippen molar-refractivity contribution < 1.29 is 18.3 Å². The second kappa shape index (κ2) is 10.3. The average Bonchev–Trinajstić information content (AvgIpc) is 2.70. The van der Waals surface area contributed by atoms with Crippen molar-refractivity contribution in [1.29, 1.82) is 0 Å². The third-order valence-corrected chi connectivity index (χ3v) is 8.38. The molecule has 32 heavy (non-hydrogen) atoms. The van der Waals surface area contributed by atoms with Gasteiger partial charge in [0.05, 0.1) is 11.3 Å². The maximum atomic E-state index is 13.4. The summed E-state index contributed by atoms with van der Waals surface area (Å²) in [5.74, 6) is -0.975. The fourth-order valence-corrected chi connectivity index (χ4v) is 6.50. The minimum atomic E-state index is -3.73. The zero-order valence-corrected chi connectivity index (χ0v) is 20.4. The van der Waals surface area contributed by atoms with Gasteiger partial charge in [-0.1, -0.05) is 29.8 Å². The van der Waals surface area contributed by atoms with Crippen LogP contribution >= 0.6 is 11.6 Å². The summed E-state index contributed by atoms with van der Waals surface area (Å²) >= 11 is 5.94. The SMILES string of the molecule is Cc1ccc(S(=O)(=O)N2C(C)CN(CCCc3ccc(Cl)cc3)CC2C)cc1CC(=O)O. The molecule has 6 nitrogen and oxygen atoms in total. The van der Waals surface area contributed by atoms with Crippen LogP contribution in [0.3, 0.4) is 0 Å². The molecule has 0 spiro atoms. The van der Waals surface area contributed by atoms with Crippen LogP contribution in [0.5, 0.6) is 0 Å². The Morgan fingerprint density at radius 3 is 2.31 bits per heavy atom. The van der Waals surface area contributed by atoms with Gasteiger partial charge in [-0.05, 0) is 81.1 Å². The van der Waals surface area contributed by atoms with Gasteiger partial charge in [0.2, 0.25) is 10.0 Å². The van der Waals surface area contributed by atoms with Crippen LogP contribution in [0.2, 0.25) is 5.02 Å². The Balaban J connectivity index is 1.66. The predicted molar refractivity (Wildman–Crippen MR) is 127 cm³/mol. The fourth-order valence-electron chi connectivity index (χ4n) is 4.51. The number of benzene rings is 2. The second-order valence-electron chi connectivity index (χ2n) is 8.68. The molecule has 3 rings (SSSR count). The second-order valence-corrected chi connectivity index (χ2v) is 11.0. The van der Waals surface area contributed by atoms with E-state index in [0.29, 0.717) is 18.7 Å². The minimum absolute atomic E-state index is 0.161. The lowest BCUT2D eigenvalue weighted by Crippen LogP contribution is -2.58. The van der Waals surface area contributed by atoms with E-state index < -0.39 is 16.0 Å². The molecular formula is C24H31ClN2O4S. The summed E-state index contributed by atoms with van der Waals surface area (Å²) in [7, 11) is -3.73. The molecule has 0 saturated carbocycles. The molecular weight excluding hydrogens is 448 g/mol. The van der Waals surface area contributed by atoms with E-state index in [2.05, 4.69) is 4.90 Å². The Labute approximate surface area is 195 Å². The Hall–Kier alpha value is -1.93. The van der Waals surface area contributed by atoms with Crippen molar-refractivity contribution in [1.82, 2.24) is 9.21 Å². The van der Waals surface area contributed by atoms with Crippen molar-refractivity contribution in [2.75, 3.05) is 19.6 Å². The number of carboxylic acid groups (broad SMARTS) is 1. The molecule has 1 heterocycles. The summed E-state index contributed by atoms with van der Waals surface area (Å²) in [6.45, 7) is 7.90. The number of aryl methyl sites for hydroxylation is 2. The van der Waals surface area contributed by atoms with Crippen molar-refractivity contribution in [3.8, 4) is 0 Å². The summed E-state index contributed by atoms with van der Waals surface area (Å²) in [6, 6.07) is 12.3. The van der Waals surface area contributed by atoms with E-state index >= 15 is 0 Å².